The summed E-state index contributed by atoms with van der Waals surface area (Å²) in [6, 6.07) is 5.49. The monoisotopic (exact) mass is 216 g/mol. The van der Waals surface area contributed by atoms with Crippen LogP contribution in [-0.2, 0) is 0 Å². The number of alkyl halides is 3. The van der Waals surface area contributed by atoms with Crippen LogP contribution in [0.15, 0.2) is 30.3 Å². The molecule has 0 saturated carbocycles. The zero-order valence-corrected chi connectivity index (χ0v) is 7.45. The summed E-state index contributed by atoms with van der Waals surface area (Å²) >= 11 is 0. The third-order valence-corrected chi connectivity index (χ3v) is 1.64. The quantitative estimate of drug-likeness (QED) is 0.825. The SMILES string of the molecule is O=C(O)c1ccccc1/C=C/C(F)(F)F. The predicted molar refractivity (Wildman–Crippen MR) is 48.5 cm³/mol. The highest BCUT2D eigenvalue weighted by atomic mass is 19.4. The Morgan fingerprint density at radius 1 is 1.27 bits per heavy atom. The molecule has 0 saturated heterocycles. The molecular formula is C10H7F3O2. The van der Waals surface area contributed by atoms with E-state index < -0.39 is 12.1 Å². The molecule has 0 spiro atoms. The summed E-state index contributed by atoms with van der Waals surface area (Å²) in [4.78, 5) is 10.6. The van der Waals surface area contributed by atoms with Crippen molar-refractivity contribution in [3.8, 4) is 0 Å². The minimum absolute atomic E-state index is 0.00870. The normalized spacial score (nSPS) is 11.9. The van der Waals surface area contributed by atoms with Crippen LogP contribution >= 0.6 is 0 Å². The van der Waals surface area contributed by atoms with Crippen molar-refractivity contribution >= 4 is 12.0 Å². The van der Waals surface area contributed by atoms with Gasteiger partial charge in [-0.15, -0.1) is 0 Å². The first-order chi connectivity index (χ1) is 6.90. The average Bonchev–Trinajstić information content (AvgIpc) is 2.14. The molecule has 0 radical (unpaired) electrons. The highest BCUT2D eigenvalue weighted by Crippen LogP contribution is 2.19. The molecule has 0 atom stereocenters. The van der Waals surface area contributed by atoms with Crippen LogP contribution in [0.25, 0.3) is 6.08 Å². The van der Waals surface area contributed by atoms with Crippen LogP contribution in [0.4, 0.5) is 13.2 Å². The minimum Gasteiger partial charge on any atom is -0.478 e. The number of aromatic carboxylic acids is 1. The van der Waals surface area contributed by atoms with Crippen LogP contribution in [0, 0.1) is 0 Å². The van der Waals surface area contributed by atoms with Gasteiger partial charge in [-0.1, -0.05) is 18.2 Å². The van der Waals surface area contributed by atoms with Crippen molar-refractivity contribution in [1.82, 2.24) is 0 Å². The Kier molecular flexibility index (Phi) is 3.14. The topological polar surface area (TPSA) is 37.3 Å². The fourth-order valence-corrected chi connectivity index (χ4v) is 1.02. The molecular weight excluding hydrogens is 209 g/mol. The summed E-state index contributed by atoms with van der Waals surface area (Å²) in [5, 5.41) is 8.68. The number of hydrogen-bond acceptors (Lipinski definition) is 1. The molecule has 0 aromatic heterocycles. The van der Waals surface area contributed by atoms with Gasteiger partial charge in [0.15, 0.2) is 0 Å². The zero-order valence-electron chi connectivity index (χ0n) is 7.45. The molecule has 0 fully saturated rings. The zero-order chi connectivity index (χ0) is 11.5. The van der Waals surface area contributed by atoms with E-state index in [1.165, 1.54) is 24.3 Å². The van der Waals surface area contributed by atoms with E-state index in [1.807, 2.05) is 0 Å². The minimum atomic E-state index is -4.44. The van der Waals surface area contributed by atoms with Crippen LogP contribution in [0.1, 0.15) is 15.9 Å². The van der Waals surface area contributed by atoms with Crippen molar-refractivity contribution in [3.63, 3.8) is 0 Å². The molecule has 1 rings (SSSR count). The summed E-state index contributed by atoms with van der Waals surface area (Å²) in [5.41, 5.74) is -0.125. The van der Waals surface area contributed by atoms with Crippen LogP contribution in [0.2, 0.25) is 0 Å². The van der Waals surface area contributed by atoms with E-state index in [-0.39, 0.29) is 17.2 Å². The van der Waals surface area contributed by atoms with Gasteiger partial charge in [-0.25, -0.2) is 4.79 Å². The predicted octanol–water partition coefficient (Wildman–Crippen LogP) is 2.96. The van der Waals surface area contributed by atoms with E-state index in [0.717, 1.165) is 6.08 Å². The highest BCUT2D eigenvalue weighted by molar-refractivity contribution is 5.92. The molecule has 1 aromatic carbocycles. The molecule has 0 heterocycles. The Bertz CT molecular complexity index is 394. The fraction of sp³-hybridized carbons (Fsp3) is 0.100. The number of halogens is 3. The number of carbonyl (C=O) groups is 1. The number of rotatable bonds is 2. The van der Waals surface area contributed by atoms with E-state index in [9.17, 15) is 18.0 Å². The van der Waals surface area contributed by atoms with Gasteiger partial charge in [0.05, 0.1) is 5.56 Å². The lowest BCUT2D eigenvalue weighted by Gasteiger charge is -2.01. The molecule has 0 aliphatic rings. The molecule has 1 N–H and O–H groups in total. The molecule has 0 aliphatic heterocycles. The van der Waals surface area contributed by atoms with Crippen LogP contribution in [0.3, 0.4) is 0 Å². The van der Waals surface area contributed by atoms with Gasteiger partial charge >= 0.3 is 12.1 Å². The van der Waals surface area contributed by atoms with Crippen molar-refractivity contribution in [2.75, 3.05) is 0 Å². The van der Waals surface area contributed by atoms with Crippen molar-refractivity contribution in [1.29, 1.82) is 0 Å². The lowest BCUT2D eigenvalue weighted by molar-refractivity contribution is -0.0790. The lowest BCUT2D eigenvalue weighted by Crippen LogP contribution is -2.02. The van der Waals surface area contributed by atoms with Gasteiger partial charge in [0.1, 0.15) is 0 Å². The van der Waals surface area contributed by atoms with Crippen molar-refractivity contribution < 1.29 is 23.1 Å². The molecule has 80 valence electrons. The second-order valence-electron chi connectivity index (χ2n) is 2.77. The van der Waals surface area contributed by atoms with Crippen LogP contribution < -0.4 is 0 Å². The van der Waals surface area contributed by atoms with Crippen molar-refractivity contribution in [2.24, 2.45) is 0 Å². The second-order valence-corrected chi connectivity index (χ2v) is 2.77. The first-order valence-corrected chi connectivity index (χ1v) is 3.98. The average molecular weight is 216 g/mol. The number of benzene rings is 1. The van der Waals surface area contributed by atoms with Gasteiger partial charge in [0, 0.05) is 6.08 Å². The summed E-state index contributed by atoms with van der Waals surface area (Å²) in [5.74, 6) is -1.25. The Balaban J connectivity index is 3.05. The number of allylic oxidation sites excluding steroid dienone is 1. The summed E-state index contributed by atoms with van der Waals surface area (Å²) in [6.45, 7) is 0. The Labute approximate surface area is 83.7 Å². The maximum atomic E-state index is 11.8. The fourth-order valence-electron chi connectivity index (χ4n) is 1.02. The van der Waals surface area contributed by atoms with Gasteiger partial charge in [0.25, 0.3) is 0 Å². The standard InChI is InChI=1S/C10H7F3O2/c11-10(12,13)6-5-7-3-1-2-4-8(7)9(14)15/h1-6H,(H,14,15)/b6-5+. The number of carboxylic acids is 1. The highest BCUT2D eigenvalue weighted by Gasteiger charge is 2.22. The van der Waals surface area contributed by atoms with Crippen molar-refractivity contribution in [3.05, 3.63) is 41.5 Å². The first kappa shape index (κ1) is 11.3. The van der Waals surface area contributed by atoms with Crippen LogP contribution in [0.5, 0.6) is 0 Å². The maximum absolute atomic E-state index is 11.8. The van der Waals surface area contributed by atoms with Gasteiger partial charge in [-0.2, -0.15) is 13.2 Å². The van der Waals surface area contributed by atoms with E-state index in [0.29, 0.717) is 0 Å². The van der Waals surface area contributed by atoms with Gasteiger partial charge in [-0.05, 0) is 17.7 Å². The van der Waals surface area contributed by atoms with E-state index in [2.05, 4.69) is 0 Å². The Morgan fingerprint density at radius 2 is 1.87 bits per heavy atom. The third kappa shape index (κ3) is 3.46. The number of carboxylic acid groups (broad SMARTS) is 1. The molecule has 1 aromatic rings. The molecule has 5 heteroatoms. The van der Waals surface area contributed by atoms with Gasteiger partial charge in [0.2, 0.25) is 0 Å². The summed E-state index contributed by atoms with van der Waals surface area (Å²) in [6.07, 6.45) is -3.69. The maximum Gasteiger partial charge on any atom is 0.409 e. The Hall–Kier alpha value is -1.78. The van der Waals surface area contributed by atoms with Crippen molar-refractivity contribution in [2.45, 2.75) is 6.18 Å². The van der Waals surface area contributed by atoms with Crippen LogP contribution in [-0.4, -0.2) is 17.3 Å². The summed E-state index contributed by atoms with van der Waals surface area (Å²) < 4.78 is 35.5. The van der Waals surface area contributed by atoms with E-state index in [1.54, 1.807) is 0 Å². The number of hydrogen-bond donors (Lipinski definition) is 1. The Morgan fingerprint density at radius 3 is 2.40 bits per heavy atom. The molecule has 0 aliphatic carbocycles. The van der Waals surface area contributed by atoms with Gasteiger partial charge < -0.3 is 5.11 Å². The molecule has 0 amide bonds. The third-order valence-electron chi connectivity index (χ3n) is 1.64. The first-order valence-electron chi connectivity index (χ1n) is 3.98. The van der Waals surface area contributed by atoms with E-state index >= 15 is 0 Å². The lowest BCUT2D eigenvalue weighted by atomic mass is 10.1. The van der Waals surface area contributed by atoms with E-state index in [4.69, 9.17) is 5.11 Å². The molecule has 0 unspecified atom stereocenters. The molecule has 0 bridgehead atoms. The molecule has 15 heavy (non-hydrogen) atoms. The van der Waals surface area contributed by atoms with Gasteiger partial charge in [-0.3, -0.25) is 0 Å². The largest absolute Gasteiger partial charge is 0.478 e. The smallest absolute Gasteiger partial charge is 0.409 e. The molecule has 2 nitrogen and oxygen atoms in total. The summed E-state index contributed by atoms with van der Waals surface area (Å²) in [7, 11) is 0. The second kappa shape index (κ2) is 4.16.